The standard InChI is InChI=1S/C18H14BrFN4OS/c19-11-9-26-17-15(11)22-18(24-5-7-25-8-6-24)23-16(17)14-10-3-4-21-13(10)2-1-12(14)20/h1-4,9,21H,5-8H2. The number of hydrogen-bond donors (Lipinski definition) is 1. The van der Waals surface area contributed by atoms with E-state index < -0.39 is 0 Å². The number of nitrogens with zero attached hydrogens (tertiary/aromatic N) is 3. The van der Waals surface area contributed by atoms with E-state index in [1.165, 1.54) is 17.4 Å². The molecule has 0 unspecified atom stereocenters. The molecule has 0 spiro atoms. The number of rotatable bonds is 2. The minimum Gasteiger partial charge on any atom is -0.378 e. The smallest absolute Gasteiger partial charge is 0.226 e. The van der Waals surface area contributed by atoms with Gasteiger partial charge in [0.25, 0.3) is 0 Å². The maximum atomic E-state index is 14.9. The first-order chi connectivity index (χ1) is 12.7. The zero-order valence-electron chi connectivity index (χ0n) is 13.6. The lowest BCUT2D eigenvalue weighted by Crippen LogP contribution is -2.37. The Labute approximate surface area is 161 Å². The molecule has 4 heterocycles. The van der Waals surface area contributed by atoms with Gasteiger partial charge in [-0.2, -0.15) is 0 Å². The fourth-order valence-corrected chi connectivity index (χ4v) is 4.86. The average Bonchev–Trinajstić information content (AvgIpc) is 3.29. The molecule has 1 N–H and O–H groups in total. The monoisotopic (exact) mass is 432 g/mol. The fourth-order valence-electron chi connectivity index (χ4n) is 3.30. The first kappa shape index (κ1) is 16.2. The average molecular weight is 433 g/mol. The van der Waals surface area contributed by atoms with Crippen LogP contribution in [0, 0.1) is 5.82 Å². The van der Waals surface area contributed by atoms with Crippen LogP contribution >= 0.6 is 27.3 Å². The summed E-state index contributed by atoms with van der Waals surface area (Å²) in [6.07, 6.45) is 1.82. The molecule has 4 aromatic rings. The van der Waals surface area contributed by atoms with Gasteiger partial charge in [0.15, 0.2) is 0 Å². The molecule has 8 heteroatoms. The van der Waals surface area contributed by atoms with Crippen LogP contribution < -0.4 is 4.90 Å². The Morgan fingerprint density at radius 3 is 2.88 bits per heavy atom. The van der Waals surface area contributed by atoms with Gasteiger partial charge < -0.3 is 14.6 Å². The third-order valence-electron chi connectivity index (χ3n) is 4.57. The van der Waals surface area contributed by atoms with Crippen LogP contribution in [0.4, 0.5) is 10.3 Å². The van der Waals surface area contributed by atoms with E-state index in [0.717, 1.165) is 38.7 Å². The zero-order chi connectivity index (χ0) is 17.7. The quantitative estimate of drug-likeness (QED) is 0.503. The lowest BCUT2D eigenvalue weighted by molar-refractivity contribution is 0.122. The van der Waals surface area contributed by atoms with Crippen molar-refractivity contribution in [3.63, 3.8) is 0 Å². The maximum Gasteiger partial charge on any atom is 0.226 e. The molecular formula is C18H14BrFN4OS. The Hall–Kier alpha value is -2.03. The lowest BCUT2D eigenvalue weighted by atomic mass is 10.1. The van der Waals surface area contributed by atoms with Crippen molar-refractivity contribution in [2.24, 2.45) is 0 Å². The number of thiophene rings is 1. The SMILES string of the molecule is Fc1ccc2[nH]ccc2c1-c1nc(N2CCOCC2)nc2c(Br)csc12. The number of H-pyrrole nitrogens is 1. The second kappa shape index (κ2) is 6.29. The van der Waals surface area contributed by atoms with Crippen LogP contribution in [0.15, 0.2) is 34.2 Å². The number of aromatic nitrogens is 3. The summed E-state index contributed by atoms with van der Waals surface area (Å²) in [7, 11) is 0. The van der Waals surface area contributed by atoms with Crippen LogP contribution in [0.1, 0.15) is 0 Å². The molecule has 0 amide bonds. The van der Waals surface area contributed by atoms with Crippen molar-refractivity contribution >= 4 is 54.3 Å². The van der Waals surface area contributed by atoms with Crippen molar-refractivity contribution in [2.75, 3.05) is 31.2 Å². The number of halogens is 2. The predicted molar refractivity (Wildman–Crippen MR) is 105 cm³/mol. The Balaban J connectivity index is 1.81. The van der Waals surface area contributed by atoms with Crippen molar-refractivity contribution in [1.82, 2.24) is 15.0 Å². The van der Waals surface area contributed by atoms with E-state index in [1.807, 2.05) is 17.6 Å². The molecule has 26 heavy (non-hydrogen) atoms. The highest BCUT2D eigenvalue weighted by Gasteiger charge is 2.22. The summed E-state index contributed by atoms with van der Waals surface area (Å²) < 4.78 is 22.1. The third kappa shape index (κ3) is 2.52. The highest BCUT2D eigenvalue weighted by atomic mass is 79.9. The van der Waals surface area contributed by atoms with E-state index in [9.17, 15) is 4.39 Å². The number of fused-ring (bicyclic) bond motifs is 2. The van der Waals surface area contributed by atoms with Gasteiger partial charge in [-0.15, -0.1) is 11.3 Å². The molecular weight excluding hydrogens is 419 g/mol. The maximum absolute atomic E-state index is 14.9. The van der Waals surface area contributed by atoms with Crippen LogP contribution in [-0.2, 0) is 4.74 Å². The van der Waals surface area contributed by atoms with Gasteiger partial charge in [-0.25, -0.2) is 14.4 Å². The Kier molecular flexibility index (Phi) is 3.91. The Morgan fingerprint density at radius 2 is 2.04 bits per heavy atom. The topological polar surface area (TPSA) is 54.0 Å². The van der Waals surface area contributed by atoms with E-state index in [2.05, 4.69) is 25.8 Å². The highest BCUT2D eigenvalue weighted by molar-refractivity contribution is 9.10. The summed E-state index contributed by atoms with van der Waals surface area (Å²) in [5.74, 6) is 0.330. The number of hydrogen-bond acceptors (Lipinski definition) is 5. The number of aromatic amines is 1. The van der Waals surface area contributed by atoms with Gasteiger partial charge in [-0.1, -0.05) is 0 Å². The van der Waals surface area contributed by atoms with Gasteiger partial charge in [-0.05, 0) is 34.1 Å². The summed E-state index contributed by atoms with van der Waals surface area (Å²) in [5, 5.41) is 2.80. The summed E-state index contributed by atoms with van der Waals surface area (Å²) >= 11 is 5.09. The number of morpholine rings is 1. The van der Waals surface area contributed by atoms with Crippen LogP contribution in [0.3, 0.4) is 0 Å². The normalized spacial score (nSPS) is 15.2. The van der Waals surface area contributed by atoms with E-state index in [-0.39, 0.29) is 5.82 Å². The second-order valence-electron chi connectivity index (χ2n) is 6.09. The number of ether oxygens (including phenoxy) is 1. The minimum absolute atomic E-state index is 0.283. The van der Waals surface area contributed by atoms with Gasteiger partial charge in [0, 0.05) is 41.1 Å². The van der Waals surface area contributed by atoms with Gasteiger partial charge in [-0.3, -0.25) is 0 Å². The van der Waals surface area contributed by atoms with Gasteiger partial charge in [0.05, 0.1) is 28.1 Å². The molecule has 5 nitrogen and oxygen atoms in total. The molecule has 0 saturated carbocycles. The van der Waals surface area contributed by atoms with Crippen molar-refractivity contribution in [3.05, 3.63) is 40.1 Å². The number of benzene rings is 1. The van der Waals surface area contributed by atoms with E-state index in [1.54, 1.807) is 6.07 Å². The van der Waals surface area contributed by atoms with Gasteiger partial charge >= 0.3 is 0 Å². The molecule has 0 bridgehead atoms. The molecule has 3 aromatic heterocycles. The summed E-state index contributed by atoms with van der Waals surface area (Å²) in [5.41, 5.74) is 2.85. The van der Waals surface area contributed by atoms with E-state index >= 15 is 0 Å². The largest absolute Gasteiger partial charge is 0.378 e. The predicted octanol–water partition coefficient (Wildman–Crippen LogP) is 4.58. The van der Waals surface area contributed by atoms with Crippen molar-refractivity contribution in [1.29, 1.82) is 0 Å². The molecule has 0 atom stereocenters. The molecule has 1 aromatic carbocycles. The number of nitrogens with one attached hydrogen (secondary N) is 1. The van der Waals surface area contributed by atoms with E-state index in [4.69, 9.17) is 14.7 Å². The number of anilines is 1. The van der Waals surface area contributed by atoms with Gasteiger partial charge in [0.2, 0.25) is 5.95 Å². The van der Waals surface area contributed by atoms with Crippen LogP contribution in [0.2, 0.25) is 0 Å². The molecule has 1 saturated heterocycles. The summed E-state index contributed by atoms with van der Waals surface area (Å²) in [4.78, 5) is 14.8. The molecule has 0 radical (unpaired) electrons. The molecule has 1 aliphatic rings. The van der Waals surface area contributed by atoms with Crippen molar-refractivity contribution in [3.8, 4) is 11.3 Å². The first-order valence-electron chi connectivity index (χ1n) is 8.26. The molecule has 1 fully saturated rings. The Bertz CT molecular complexity index is 1120. The van der Waals surface area contributed by atoms with Crippen LogP contribution in [-0.4, -0.2) is 41.3 Å². The molecule has 0 aliphatic carbocycles. The van der Waals surface area contributed by atoms with Crippen molar-refractivity contribution < 1.29 is 9.13 Å². The molecule has 5 rings (SSSR count). The zero-order valence-corrected chi connectivity index (χ0v) is 16.0. The molecule has 1 aliphatic heterocycles. The van der Waals surface area contributed by atoms with Crippen LogP contribution in [0.25, 0.3) is 32.4 Å². The molecule has 132 valence electrons. The minimum atomic E-state index is -0.283. The highest BCUT2D eigenvalue weighted by Crippen LogP contribution is 2.40. The summed E-state index contributed by atoms with van der Waals surface area (Å²) in [6.45, 7) is 2.74. The first-order valence-corrected chi connectivity index (χ1v) is 9.93. The van der Waals surface area contributed by atoms with Crippen molar-refractivity contribution in [2.45, 2.75) is 0 Å². The van der Waals surface area contributed by atoms with Crippen LogP contribution in [0.5, 0.6) is 0 Å². The third-order valence-corrected chi connectivity index (χ3v) is 6.46. The summed E-state index contributed by atoms with van der Waals surface area (Å²) in [6, 6.07) is 5.12. The Morgan fingerprint density at radius 1 is 1.19 bits per heavy atom. The van der Waals surface area contributed by atoms with E-state index in [0.29, 0.717) is 30.4 Å². The fraction of sp³-hybridized carbons (Fsp3) is 0.222. The van der Waals surface area contributed by atoms with Gasteiger partial charge in [0.1, 0.15) is 11.3 Å². The second-order valence-corrected chi connectivity index (χ2v) is 7.83. The lowest BCUT2D eigenvalue weighted by Gasteiger charge is -2.27.